The van der Waals surface area contributed by atoms with Gasteiger partial charge >= 0.3 is 6.09 Å². The number of aliphatic hydroxyl groups is 1. The van der Waals surface area contributed by atoms with Gasteiger partial charge in [0, 0.05) is 0 Å². The van der Waals surface area contributed by atoms with Crippen LogP contribution in [-0.4, -0.2) is 30.5 Å². The summed E-state index contributed by atoms with van der Waals surface area (Å²) in [5, 5.41) is 12.1. The summed E-state index contributed by atoms with van der Waals surface area (Å²) in [7, 11) is 1.34. The maximum atomic E-state index is 11.1. The molecule has 0 radical (unpaired) electrons. The minimum absolute atomic E-state index is 0.00750. The Morgan fingerprint density at radius 1 is 1.71 bits per heavy atom. The SMILES string of the molecule is COC(=O)NC1(CO)CCCC(C)C1. The number of alkyl carbamates (subject to hydrolysis) is 1. The molecule has 0 aromatic rings. The molecule has 1 rings (SSSR count). The number of aliphatic hydroxyl groups excluding tert-OH is 1. The molecule has 0 spiro atoms. The van der Waals surface area contributed by atoms with Crippen LogP contribution in [0, 0.1) is 5.92 Å². The van der Waals surface area contributed by atoms with Crippen molar-refractivity contribution in [2.75, 3.05) is 13.7 Å². The molecule has 0 saturated heterocycles. The Morgan fingerprint density at radius 3 is 2.93 bits per heavy atom. The van der Waals surface area contributed by atoms with Crippen LogP contribution in [0.15, 0.2) is 0 Å². The number of methoxy groups -OCH3 is 1. The first-order valence-corrected chi connectivity index (χ1v) is 5.09. The van der Waals surface area contributed by atoms with Crippen LogP contribution >= 0.6 is 0 Å². The number of carbonyl (C=O) groups is 1. The Hall–Kier alpha value is -0.770. The van der Waals surface area contributed by atoms with Crippen LogP contribution in [0.2, 0.25) is 0 Å². The normalized spacial score (nSPS) is 32.4. The van der Waals surface area contributed by atoms with Gasteiger partial charge in [0.25, 0.3) is 0 Å². The first kappa shape index (κ1) is 11.3. The highest BCUT2D eigenvalue weighted by atomic mass is 16.5. The van der Waals surface area contributed by atoms with E-state index in [-0.39, 0.29) is 6.61 Å². The van der Waals surface area contributed by atoms with Gasteiger partial charge in [0.1, 0.15) is 0 Å². The molecule has 4 nitrogen and oxygen atoms in total. The van der Waals surface area contributed by atoms with Crippen LogP contribution in [0.4, 0.5) is 4.79 Å². The van der Waals surface area contributed by atoms with E-state index in [1.165, 1.54) is 13.5 Å². The highest BCUT2D eigenvalue weighted by molar-refractivity contribution is 5.68. The fourth-order valence-electron chi connectivity index (χ4n) is 2.22. The molecule has 2 N–H and O–H groups in total. The number of carbonyl (C=O) groups excluding carboxylic acids is 1. The summed E-state index contributed by atoms with van der Waals surface area (Å²) >= 11 is 0. The third kappa shape index (κ3) is 2.61. The van der Waals surface area contributed by atoms with Gasteiger partial charge < -0.3 is 15.2 Å². The Bertz CT molecular complexity index is 208. The number of hydrogen-bond acceptors (Lipinski definition) is 3. The van der Waals surface area contributed by atoms with Crippen molar-refractivity contribution in [2.45, 2.75) is 38.1 Å². The first-order chi connectivity index (χ1) is 6.62. The summed E-state index contributed by atoms with van der Waals surface area (Å²) in [5.74, 6) is 0.549. The lowest BCUT2D eigenvalue weighted by Crippen LogP contribution is -2.53. The summed E-state index contributed by atoms with van der Waals surface area (Å²) in [6, 6.07) is 0. The lowest BCUT2D eigenvalue weighted by atomic mass is 9.77. The van der Waals surface area contributed by atoms with Gasteiger partial charge in [-0.05, 0) is 18.8 Å². The third-order valence-corrected chi connectivity index (χ3v) is 2.95. The van der Waals surface area contributed by atoms with Gasteiger partial charge in [-0.2, -0.15) is 0 Å². The molecular weight excluding hydrogens is 182 g/mol. The third-order valence-electron chi connectivity index (χ3n) is 2.95. The summed E-state index contributed by atoms with van der Waals surface area (Å²) in [6.07, 6.45) is 3.44. The van der Waals surface area contributed by atoms with Gasteiger partial charge in [-0.3, -0.25) is 0 Å². The molecule has 0 bridgehead atoms. The van der Waals surface area contributed by atoms with Crippen molar-refractivity contribution in [1.29, 1.82) is 0 Å². The first-order valence-electron chi connectivity index (χ1n) is 5.09. The second kappa shape index (κ2) is 4.64. The molecule has 0 heterocycles. The maximum Gasteiger partial charge on any atom is 0.407 e. The van der Waals surface area contributed by atoms with E-state index in [9.17, 15) is 9.90 Å². The molecule has 2 atom stereocenters. The van der Waals surface area contributed by atoms with Crippen molar-refractivity contribution in [3.63, 3.8) is 0 Å². The molecule has 1 saturated carbocycles. The second-order valence-electron chi connectivity index (χ2n) is 4.26. The van der Waals surface area contributed by atoms with E-state index in [1.807, 2.05) is 0 Å². The predicted octanol–water partition coefficient (Wildman–Crippen LogP) is 1.28. The monoisotopic (exact) mass is 201 g/mol. The quantitative estimate of drug-likeness (QED) is 0.707. The molecule has 82 valence electrons. The van der Waals surface area contributed by atoms with E-state index in [4.69, 9.17) is 0 Å². The van der Waals surface area contributed by atoms with E-state index in [0.29, 0.717) is 5.92 Å². The summed E-state index contributed by atoms with van der Waals surface area (Å²) < 4.78 is 4.55. The molecule has 0 aromatic carbocycles. The van der Waals surface area contributed by atoms with Crippen molar-refractivity contribution in [1.82, 2.24) is 5.32 Å². The fourth-order valence-corrected chi connectivity index (χ4v) is 2.22. The maximum absolute atomic E-state index is 11.1. The molecule has 1 amide bonds. The van der Waals surface area contributed by atoms with E-state index in [2.05, 4.69) is 17.0 Å². The molecule has 1 aliphatic rings. The van der Waals surface area contributed by atoms with Gasteiger partial charge in [0.2, 0.25) is 0 Å². The van der Waals surface area contributed by atoms with Gasteiger partial charge in [-0.25, -0.2) is 4.79 Å². The van der Waals surface area contributed by atoms with Gasteiger partial charge in [0.05, 0.1) is 19.3 Å². The lowest BCUT2D eigenvalue weighted by Gasteiger charge is -2.38. The van der Waals surface area contributed by atoms with Crippen LogP contribution in [0.3, 0.4) is 0 Å². The Kier molecular flexibility index (Phi) is 3.75. The van der Waals surface area contributed by atoms with Gasteiger partial charge in [-0.15, -0.1) is 0 Å². The van der Waals surface area contributed by atoms with Crippen LogP contribution < -0.4 is 5.32 Å². The summed E-state index contributed by atoms with van der Waals surface area (Å²) in [6.45, 7) is 2.13. The van der Waals surface area contributed by atoms with Crippen LogP contribution in [0.5, 0.6) is 0 Å². The minimum Gasteiger partial charge on any atom is -0.453 e. The Balaban J connectivity index is 2.60. The van der Waals surface area contributed by atoms with Crippen molar-refractivity contribution >= 4 is 6.09 Å². The highest BCUT2D eigenvalue weighted by Gasteiger charge is 2.35. The molecule has 14 heavy (non-hydrogen) atoms. The highest BCUT2D eigenvalue weighted by Crippen LogP contribution is 2.31. The van der Waals surface area contributed by atoms with Crippen molar-refractivity contribution in [3.05, 3.63) is 0 Å². The number of ether oxygens (including phenoxy) is 1. The number of hydrogen-bond donors (Lipinski definition) is 2. The van der Waals surface area contributed by atoms with Gasteiger partial charge in [0.15, 0.2) is 0 Å². The predicted molar refractivity (Wildman–Crippen MR) is 53.0 cm³/mol. The number of amides is 1. The number of nitrogens with one attached hydrogen (secondary N) is 1. The van der Waals surface area contributed by atoms with E-state index in [0.717, 1.165) is 19.3 Å². The van der Waals surface area contributed by atoms with E-state index in [1.54, 1.807) is 0 Å². The number of rotatable bonds is 2. The van der Waals surface area contributed by atoms with Crippen molar-refractivity contribution < 1.29 is 14.6 Å². The Morgan fingerprint density at radius 2 is 2.43 bits per heavy atom. The summed E-state index contributed by atoms with van der Waals surface area (Å²) in [4.78, 5) is 11.1. The smallest absolute Gasteiger partial charge is 0.407 e. The van der Waals surface area contributed by atoms with Crippen LogP contribution in [-0.2, 0) is 4.74 Å². The Labute approximate surface area is 84.6 Å². The van der Waals surface area contributed by atoms with Crippen molar-refractivity contribution in [2.24, 2.45) is 5.92 Å². The molecule has 0 aliphatic heterocycles. The van der Waals surface area contributed by atoms with Crippen LogP contribution in [0.1, 0.15) is 32.6 Å². The topological polar surface area (TPSA) is 58.6 Å². The molecule has 2 unspecified atom stereocenters. The van der Waals surface area contributed by atoms with Crippen molar-refractivity contribution in [3.8, 4) is 0 Å². The lowest BCUT2D eigenvalue weighted by molar-refractivity contribution is 0.0876. The standard InChI is InChI=1S/C10H19NO3/c1-8-4-3-5-10(6-8,7-12)11-9(13)14-2/h8,12H,3-7H2,1-2H3,(H,11,13). The molecular formula is C10H19NO3. The molecule has 0 aromatic heterocycles. The fraction of sp³-hybridized carbons (Fsp3) is 0.900. The summed E-state index contributed by atoms with van der Waals surface area (Å²) in [5.41, 5.74) is -0.454. The zero-order valence-corrected chi connectivity index (χ0v) is 8.88. The van der Waals surface area contributed by atoms with E-state index < -0.39 is 11.6 Å². The second-order valence-corrected chi connectivity index (χ2v) is 4.26. The average molecular weight is 201 g/mol. The minimum atomic E-state index is -0.454. The largest absolute Gasteiger partial charge is 0.453 e. The zero-order chi connectivity index (χ0) is 10.6. The molecule has 1 fully saturated rings. The van der Waals surface area contributed by atoms with E-state index >= 15 is 0 Å². The van der Waals surface area contributed by atoms with Gasteiger partial charge in [-0.1, -0.05) is 19.8 Å². The zero-order valence-electron chi connectivity index (χ0n) is 8.88. The van der Waals surface area contributed by atoms with Crippen LogP contribution in [0.25, 0.3) is 0 Å². The average Bonchev–Trinajstić information content (AvgIpc) is 2.17. The molecule has 4 heteroatoms. The molecule has 1 aliphatic carbocycles.